The van der Waals surface area contributed by atoms with Crippen LogP contribution in [0.5, 0.6) is 0 Å². The molecule has 0 atom stereocenters. The molecule has 0 bridgehead atoms. The van der Waals surface area contributed by atoms with Crippen molar-refractivity contribution in [2.75, 3.05) is 53.7 Å². The van der Waals surface area contributed by atoms with Gasteiger partial charge in [0.2, 0.25) is 0 Å². The third kappa shape index (κ3) is 8.83. The van der Waals surface area contributed by atoms with Crippen LogP contribution in [0.2, 0.25) is 0 Å². The van der Waals surface area contributed by atoms with Crippen LogP contribution in [0, 0.1) is 0 Å². The lowest BCUT2D eigenvalue weighted by atomic mass is 10.2. The Hall–Kier alpha value is -1.24. The first kappa shape index (κ1) is 19.8. The number of likely N-dealkylation sites (N-methyl/N-ethyl adjacent to an activating group) is 1. The summed E-state index contributed by atoms with van der Waals surface area (Å²) in [5, 5.41) is 6.69. The van der Waals surface area contributed by atoms with Gasteiger partial charge in [-0.3, -0.25) is 4.99 Å². The molecule has 0 spiro atoms. The van der Waals surface area contributed by atoms with Crippen molar-refractivity contribution in [3.05, 3.63) is 29.8 Å². The number of hydrogen-bond acceptors (Lipinski definition) is 4. The molecule has 0 aromatic heterocycles. The number of aliphatic imine (C=N–C) groups is 1. The van der Waals surface area contributed by atoms with E-state index in [1.807, 2.05) is 0 Å². The van der Waals surface area contributed by atoms with Gasteiger partial charge in [0.1, 0.15) is 0 Å². The smallest absolute Gasteiger partial charge is 0.191 e. The van der Waals surface area contributed by atoms with Crippen molar-refractivity contribution >= 4 is 17.7 Å². The first-order chi connectivity index (χ1) is 11.2. The lowest BCUT2D eigenvalue weighted by Gasteiger charge is -2.18. The largest absolute Gasteiger partial charge is 0.385 e. The highest BCUT2D eigenvalue weighted by atomic mass is 32.2. The van der Waals surface area contributed by atoms with Gasteiger partial charge in [0.05, 0.1) is 0 Å². The van der Waals surface area contributed by atoms with Gasteiger partial charge in [-0.2, -0.15) is 0 Å². The summed E-state index contributed by atoms with van der Waals surface area (Å²) < 4.78 is 5.07. The average Bonchev–Trinajstić information content (AvgIpc) is 2.58. The third-order valence-electron chi connectivity index (χ3n) is 3.52. The van der Waals surface area contributed by atoms with Gasteiger partial charge >= 0.3 is 0 Å². The maximum Gasteiger partial charge on any atom is 0.191 e. The molecule has 5 nitrogen and oxygen atoms in total. The van der Waals surface area contributed by atoms with Crippen LogP contribution in [0.4, 0.5) is 0 Å². The van der Waals surface area contributed by atoms with Gasteiger partial charge in [0.15, 0.2) is 5.96 Å². The molecule has 0 radical (unpaired) electrons. The maximum atomic E-state index is 5.07. The maximum absolute atomic E-state index is 5.07. The molecule has 0 saturated carbocycles. The minimum Gasteiger partial charge on any atom is -0.385 e. The Morgan fingerprint density at radius 1 is 1.22 bits per heavy atom. The van der Waals surface area contributed by atoms with Gasteiger partial charge in [0.25, 0.3) is 0 Å². The Balaban J connectivity index is 2.23. The van der Waals surface area contributed by atoms with E-state index < -0.39 is 0 Å². The van der Waals surface area contributed by atoms with Gasteiger partial charge in [0, 0.05) is 51.8 Å². The highest BCUT2D eigenvalue weighted by molar-refractivity contribution is 7.98. The normalized spacial score (nSPS) is 11.8. The van der Waals surface area contributed by atoms with Crippen LogP contribution in [0.15, 0.2) is 34.2 Å². The summed E-state index contributed by atoms with van der Waals surface area (Å²) in [5.74, 6) is 0.837. The molecule has 0 heterocycles. The van der Waals surface area contributed by atoms with Crippen molar-refractivity contribution in [1.82, 2.24) is 15.5 Å². The molecule has 0 unspecified atom stereocenters. The Morgan fingerprint density at radius 2 is 1.96 bits per heavy atom. The van der Waals surface area contributed by atoms with Gasteiger partial charge in [-0.25, -0.2) is 0 Å². The Bertz CT molecular complexity index is 450. The monoisotopic (exact) mass is 338 g/mol. The lowest BCUT2D eigenvalue weighted by Crippen LogP contribution is -2.40. The molecular weight excluding hydrogens is 308 g/mol. The van der Waals surface area contributed by atoms with E-state index in [4.69, 9.17) is 4.74 Å². The number of ether oxygens (including phenoxy) is 1. The molecule has 130 valence electrons. The van der Waals surface area contributed by atoms with Gasteiger partial charge in [-0.15, -0.1) is 11.8 Å². The van der Waals surface area contributed by atoms with E-state index in [2.05, 4.69) is 58.1 Å². The standard InChI is InChI=1S/C17H30N4OS/c1-18-17(19-10-12-21(2)11-5-13-22-3)20-14-15-6-8-16(23-4)9-7-15/h6-9H,5,10-14H2,1-4H3,(H2,18,19,20). The molecule has 0 aliphatic rings. The molecule has 2 N–H and O–H groups in total. The van der Waals surface area contributed by atoms with Crippen LogP contribution in [0.1, 0.15) is 12.0 Å². The molecule has 0 aliphatic carbocycles. The number of thioether (sulfide) groups is 1. The van der Waals surface area contributed by atoms with E-state index in [1.165, 1.54) is 10.5 Å². The van der Waals surface area contributed by atoms with Crippen LogP contribution in [-0.2, 0) is 11.3 Å². The van der Waals surface area contributed by atoms with E-state index in [0.29, 0.717) is 0 Å². The van der Waals surface area contributed by atoms with Crippen molar-refractivity contribution < 1.29 is 4.74 Å². The van der Waals surface area contributed by atoms with Crippen LogP contribution >= 0.6 is 11.8 Å². The first-order valence-corrected chi connectivity index (χ1v) is 9.17. The molecule has 0 saturated heterocycles. The number of rotatable bonds is 10. The van der Waals surface area contributed by atoms with Crippen molar-refractivity contribution in [1.29, 1.82) is 0 Å². The number of methoxy groups -OCH3 is 1. The summed E-state index contributed by atoms with van der Waals surface area (Å²) in [5.41, 5.74) is 1.25. The molecule has 1 aromatic rings. The van der Waals surface area contributed by atoms with E-state index in [9.17, 15) is 0 Å². The zero-order valence-electron chi connectivity index (χ0n) is 14.8. The summed E-state index contributed by atoms with van der Waals surface area (Å²) in [4.78, 5) is 7.84. The molecule has 1 rings (SSSR count). The highest BCUT2D eigenvalue weighted by Crippen LogP contribution is 2.14. The van der Waals surface area contributed by atoms with Crippen LogP contribution in [-0.4, -0.2) is 64.6 Å². The fourth-order valence-corrected chi connectivity index (χ4v) is 2.51. The molecule has 1 aromatic carbocycles. The van der Waals surface area contributed by atoms with E-state index >= 15 is 0 Å². The van der Waals surface area contributed by atoms with E-state index in [0.717, 1.165) is 45.2 Å². The fourth-order valence-electron chi connectivity index (χ4n) is 2.11. The molecule has 0 fully saturated rings. The molecule has 0 amide bonds. The third-order valence-corrected chi connectivity index (χ3v) is 4.26. The summed E-state index contributed by atoms with van der Waals surface area (Å²) in [6.07, 6.45) is 3.15. The van der Waals surface area contributed by atoms with Gasteiger partial charge in [-0.05, 0) is 37.4 Å². The van der Waals surface area contributed by atoms with Crippen molar-refractivity contribution in [3.8, 4) is 0 Å². The van der Waals surface area contributed by atoms with Crippen LogP contribution in [0.25, 0.3) is 0 Å². The van der Waals surface area contributed by atoms with Gasteiger partial charge < -0.3 is 20.3 Å². The topological polar surface area (TPSA) is 48.9 Å². The lowest BCUT2D eigenvalue weighted by molar-refractivity contribution is 0.180. The Kier molecular flexibility index (Phi) is 10.5. The Labute approximate surface area is 144 Å². The summed E-state index contributed by atoms with van der Waals surface area (Å²) >= 11 is 1.76. The fraction of sp³-hybridized carbons (Fsp3) is 0.588. The Morgan fingerprint density at radius 3 is 2.57 bits per heavy atom. The SMILES string of the molecule is CN=C(NCCN(C)CCCOC)NCc1ccc(SC)cc1. The van der Waals surface area contributed by atoms with E-state index in [1.54, 1.807) is 25.9 Å². The average molecular weight is 339 g/mol. The zero-order valence-corrected chi connectivity index (χ0v) is 15.6. The van der Waals surface area contributed by atoms with Crippen LogP contribution < -0.4 is 10.6 Å². The number of benzene rings is 1. The van der Waals surface area contributed by atoms with Crippen molar-refractivity contribution in [2.45, 2.75) is 17.9 Å². The minimum absolute atomic E-state index is 0.776. The van der Waals surface area contributed by atoms with Crippen molar-refractivity contribution in [2.24, 2.45) is 4.99 Å². The van der Waals surface area contributed by atoms with Gasteiger partial charge in [-0.1, -0.05) is 12.1 Å². The minimum atomic E-state index is 0.776. The second-order valence-corrected chi connectivity index (χ2v) is 6.23. The first-order valence-electron chi connectivity index (χ1n) is 7.94. The summed E-state index contributed by atoms with van der Waals surface area (Å²) in [6.45, 7) is 4.49. The second kappa shape index (κ2) is 12.2. The zero-order chi connectivity index (χ0) is 16.9. The summed E-state index contributed by atoms with van der Waals surface area (Å²) in [7, 11) is 5.67. The molecular formula is C17H30N4OS. The number of hydrogen-bond donors (Lipinski definition) is 2. The number of nitrogens with one attached hydrogen (secondary N) is 2. The number of nitrogens with zero attached hydrogens (tertiary/aromatic N) is 2. The number of guanidine groups is 1. The second-order valence-electron chi connectivity index (χ2n) is 5.35. The molecule has 23 heavy (non-hydrogen) atoms. The highest BCUT2D eigenvalue weighted by Gasteiger charge is 2.01. The quantitative estimate of drug-likeness (QED) is 0.296. The predicted octanol–water partition coefficient (Wildman–Crippen LogP) is 2.04. The van der Waals surface area contributed by atoms with Crippen molar-refractivity contribution in [3.63, 3.8) is 0 Å². The van der Waals surface area contributed by atoms with Crippen LogP contribution in [0.3, 0.4) is 0 Å². The molecule has 0 aliphatic heterocycles. The van der Waals surface area contributed by atoms with E-state index in [-0.39, 0.29) is 0 Å². The predicted molar refractivity (Wildman–Crippen MR) is 100 cm³/mol. The molecule has 6 heteroatoms. The summed E-state index contributed by atoms with van der Waals surface area (Å²) in [6, 6.07) is 8.59.